The van der Waals surface area contributed by atoms with E-state index in [0.29, 0.717) is 25.3 Å². The summed E-state index contributed by atoms with van der Waals surface area (Å²) in [5, 5.41) is 0. The Kier molecular flexibility index (Phi) is 4.64. The lowest BCUT2D eigenvalue weighted by Gasteiger charge is -2.39. The number of hydrogen-bond acceptors (Lipinski definition) is 4. The van der Waals surface area contributed by atoms with Crippen LogP contribution in [0.15, 0.2) is 42.7 Å². The molecule has 4 rings (SSSR count). The first-order valence-electron chi connectivity index (χ1n) is 9.49. The molecule has 0 radical (unpaired) electrons. The van der Waals surface area contributed by atoms with Gasteiger partial charge in [-0.25, -0.2) is 4.98 Å². The van der Waals surface area contributed by atoms with Crippen molar-refractivity contribution in [1.82, 2.24) is 19.8 Å². The normalized spacial score (nSPS) is 22.5. The van der Waals surface area contributed by atoms with Crippen molar-refractivity contribution < 1.29 is 9.59 Å². The first-order valence-corrected chi connectivity index (χ1v) is 9.49. The second kappa shape index (κ2) is 7.10. The molecular formula is C21H24N4O2. The summed E-state index contributed by atoms with van der Waals surface area (Å²) in [4.78, 5) is 38.2. The summed E-state index contributed by atoms with van der Waals surface area (Å²) in [6.45, 7) is 4.41. The van der Waals surface area contributed by atoms with Gasteiger partial charge in [0.2, 0.25) is 5.91 Å². The summed E-state index contributed by atoms with van der Waals surface area (Å²) in [5.41, 5.74) is 1.94. The monoisotopic (exact) mass is 364 g/mol. The molecule has 1 atom stereocenters. The van der Waals surface area contributed by atoms with Crippen molar-refractivity contribution in [2.24, 2.45) is 5.41 Å². The Bertz CT molecular complexity index is 854. The quantitative estimate of drug-likeness (QED) is 0.839. The number of rotatable bonds is 3. The van der Waals surface area contributed by atoms with Crippen LogP contribution in [0.4, 0.5) is 0 Å². The molecule has 6 nitrogen and oxygen atoms in total. The molecule has 2 fully saturated rings. The topological polar surface area (TPSA) is 66.4 Å². The lowest BCUT2D eigenvalue weighted by Crippen LogP contribution is -2.49. The Morgan fingerprint density at radius 1 is 1.15 bits per heavy atom. The number of carbonyl (C=O) groups is 2. The molecule has 1 spiro atoms. The van der Waals surface area contributed by atoms with Crippen LogP contribution in [-0.2, 0) is 11.3 Å². The summed E-state index contributed by atoms with van der Waals surface area (Å²) in [6.07, 6.45) is 6.01. The van der Waals surface area contributed by atoms with E-state index >= 15 is 0 Å². The zero-order valence-electron chi connectivity index (χ0n) is 15.6. The molecule has 1 unspecified atom stereocenters. The Balaban J connectivity index is 1.49. The molecule has 0 aliphatic carbocycles. The fourth-order valence-corrected chi connectivity index (χ4v) is 4.26. The second-order valence-electron chi connectivity index (χ2n) is 7.61. The third kappa shape index (κ3) is 3.44. The third-order valence-corrected chi connectivity index (χ3v) is 5.70. The maximum Gasteiger partial charge on any atom is 0.272 e. The predicted molar refractivity (Wildman–Crippen MR) is 101 cm³/mol. The van der Waals surface area contributed by atoms with E-state index < -0.39 is 5.41 Å². The number of amides is 2. The van der Waals surface area contributed by atoms with Crippen molar-refractivity contribution in [1.29, 1.82) is 0 Å². The lowest BCUT2D eigenvalue weighted by atomic mass is 9.78. The van der Waals surface area contributed by atoms with Gasteiger partial charge in [0.25, 0.3) is 5.91 Å². The highest BCUT2D eigenvalue weighted by atomic mass is 16.2. The van der Waals surface area contributed by atoms with Gasteiger partial charge in [-0.1, -0.05) is 6.07 Å². The standard InChI is InChI=1S/C21H24N4O2/c1-16-4-2-5-18(23-16)19(26)25-12-3-8-21(15-25)9-13-24(20(21)27)14-17-6-10-22-11-7-17/h2,4-7,10-11H,3,8-9,12-15H2,1H3. The van der Waals surface area contributed by atoms with Crippen molar-refractivity contribution in [3.8, 4) is 0 Å². The summed E-state index contributed by atoms with van der Waals surface area (Å²) >= 11 is 0. The zero-order chi connectivity index (χ0) is 18.9. The fourth-order valence-electron chi connectivity index (χ4n) is 4.26. The highest BCUT2D eigenvalue weighted by Crippen LogP contribution is 2.41. The molecule has 2 amide bonds. The van der Waals surface area contributed by atoms with E-state index in [4.69, 9.17) is 0 Å². The van der Waals surface area contributed by atoms with Crippen LogP contribution >= 0.6 is 0 Å². The minimum atomic E-state index is -0.440. The second-order valence-corrected chi connectivity index (χ2v) is 7.61. The zero-order valence-corrected chi connectivity index (χ0v) is 15.6. The van der Waals surface area contributed by atoms with E-state index in [1.54, 1.807) is 18.5 Å². The van der Waals surface area contributed by atoms with E-state index in [2.05, 4.69) is 9.97 Å². The van der Waals surface area contributed by atoms with Crippen LogP contribution in [0.3, 0.4) is 0 Å². The molecule has 0 aromatic carbocycles. The number of hydrogen-bond donors (Lipinski definition) is 0. The Morgan fingerprint density at radius 2 is 1.96 bits per heavy atom. The van der Waals surface area contributed by atoms with Crippen molar-refractivity contribution in [2.45, 2.75) is 32.7 Å². The number of aryl methyl sites for hydroxylation is 1. The first kappa shape index (κ1) is 17.6. The van der Waals surface area contributed by atoms with Crippen LogP contribution in [0.25, 0.3) is 0 Å². The number of piperidine rings is 1. The number of nitrogens with zero attached hydrogens (tertiary/aromatic N) is 4. The molecule has 0 saturated carbocycles. The van der Waals surface area contributed by atoms with Crippen LogP contribution < -0.4 is 0 Å². The van der Waals surface area contributed by atoms with Crippen LogP contribution in [0.1, 0.15) is 41.0 Å². The summed E-state index contributed by atoms with van der Waals surface area (Å²) in [5.74, 6) is 0.104. The maximum absolute atomic E-state index is 13.2. The van der Waals surface area contributed by atoms with Gasteiger partial charge in [-0.3, -0.25) is 14.6 Å². The highest BCUT2D eigenvalue weighted by molar-refractivity contribution is 5.93. The number of pyridine rings is 2. The fraction of sp³-hybridized carbons (Fsp3) is 0.429. The molecule has 0 N–H and O–H groups in total. The Morgan fingerprint density at radius 3 is 2.74 bits per heavy atom. The molecule has 0 bridgehead atoms. The average Bonchev–Trinajstić information content (AvgIpc) is 2.98. The smallest absolute Gasteiger partial charge is 0.272 e. The van der Waals surface area contributed by atoms with Crippen LogP contribution in [0.5, 0.6) is 0 Å². The largest absolute Gasteiger partial charge is 0.338 e. The van der Waals surface area contributed by atoms with Gasteiger partial charge in [-0.15, -0.1) is 0 Å². The van der Waals surface area contributed by atoms with Gasteiger partial charge >= 0.3 is 0 Å². The molecule has 6 heteroatoms. The van der Waals surface area contributed by atoms with Gasteiger partial charge in [-0.2, -0.15) is 0 Å². The van der Waals surface area contributed by atoms with Gasteiger partial charge in [0.05, 0.1) is 5.41 Å². The minimum Gasteiger partial charge on any atom is -0.338 e. The van der Waals surface area contributed by atoms with Crippen LogP contribution in [-0.4, -0.2) is 51.2 Å². The van der Waals surface area contributed by atoms with E-state index in [-0.39, 0.29) is 11.8 Å². The van der Waals surface area contributed by atoms with Gasteiger partial charge < -0.3 is 9.80 Å². The van der Waals surface area contributed by atoms with E-state index in [1.807, 2.05) is 41.0 Å². The summed E-state index contributed by atoms with van der Waals surface area (Å²) < 4.78 is 0. The maximum atomic E-state index is 13.2. The molecule has 2 aromatic heterocycles. The van der Waals surface area contributed by atoms with Crippen molar-refractivity contribution in [3.05, 3.63) is 59.7 Å². The SMILES string of the molecule is Cc1cccc(C(=O)N2CCCC3(CCN(Cc4ccncc4)C3=O)C2)n1. The van der Waals surface area contributed by atoms with E-state index in [0.717, 1.165) is 37.1 Å². The predicted octanol–water partition coefficient (Wildman–Crippen LogP) is 2.44. The van der Waals surface area contributed by atoms with Crippen molar-refractivity contribution in [2.75, 3.05) is 19.6 Å². The molecule has 140 valence electrons. The first-order chi connectivity index (χ1) is 13.1. The minimum absolute atomic E-state index is 0.0711. The summed E-state index contributed by atoms with van der Waals surface area (Å²) in [6, 6.07) is 9.37. The molecular weight excluding hydrogens is 340 g/mol. The molecule has 2 aliphatic heterocycles. The van der Waals surface area contributed by atoms with Crippen LogP contribution in [0.2, 0.25) is 0 Å². The molecule has 2 aliphatic rings. The van der Waals surface area contributed by atoms with Gasteiger partial charge in [0.1, 0.15) is 5.69 Å². The lowest BCUT2D eigenvalue weighted by molar-refractivity contribution is -0.138. The number of likely N-dealkylation sites (tertiary alicyclic amines) is 2. The number of aromatic nitrogens is 2. The van der Waals surface area contributed by atoms with Crippen molar-refractivity contribution >= 4 is 11.8 Å². The molecule has 27 heavy (non-hydrogen) atoms. The van der Waals surface area contributed by atoms with E-state index in [9.17, 15) is 9.59 Å². The third-order valence-electron chi connectivity index (χ3n) is 5.70. The number of carbonyl (C=O) groups excluding carboxylic acids is 2. The van der Waals surface area contributed by atoms with Crippen LogP contribution in [0, 0.1) is 12.3 Å². The Labute approximate surface area is 159 Å². The van der Waals surface area contributed by atoms with E-state index in [1.165, 1.54) is 0 Å². The van der Waals surface area contributed by atoms with Gasteiger partial charge in [0, 0.05) is 44.3 Å². The average molecular weight is 364 g/mol. The van der Waals surface area contributed by atoms with Gasteiger partial charge in [0.15, 0.2) is 0 Å². The Hall–Kier alpha value is -2.76. The molecule has 4 heterocycles. The van der Waals surface area contributed by atoms with Gasteiger partial charge in [-0.05, 0) is 56.0 Å². The molecule has 2 aromatic rings. The summed E-state index contributed by atoms with van der Waals surface area (Å²) in [7, 11) is 0. The molecule has 2 saturated heterocycles. The highest BCUT2D eigenvalue weighted by Gasteiger charge is 2.49. The van der Waals surface area contributed by atoms with Crippen molar-refractivity contribution in [3.63, 3.8) is 0 Å².